The second-order valence-electron chi connectivity index (χ2n) is 6.92. The van der Waals surface area contributed by atoms with E-state index in [1.54, 1.807) is 30.3 Å². The maximum Gasteiger partial charge on any atom is 0.328 e. The Morgan fingerprint density at radius 3 is 2.52 bits per heavy atom. The molecule has 0 aliphatic heterocycles. The van der Waals surface area contributed by atoms with Crippen LogP contribution in [-0.4, -0.2) is 17.0 Å². The molecule has 0 fully saturated rings. The van der Waals surface area contributed by atoms with Crippen LogP contribution in [-0.2, 0) is 16.0 Å². The summed E-state index contributed by atoms with van der Waals surface area (Å²) in [6, 6.07) is 9.89. The van der Waals surface area contributed by atoms with Crippen molar-refractivity contribution in [1.29, 1.82) is 0 Å². The van der Waals surface area contributed by atoms with Gasteiger partial charge in [0.25, 0.3) is 0 Å². The summed E-state index contributed by atoms with van der Waals surface area (Å²) in [6.45, 7) is 0. The standard InChI is InChI=1S/C23H15Cl2NO5/c24-17-2-1-3-18(25)16(17)10-12-4-6-15-22(30)14-7-5-13(11-19(14)31-23(12)15)26-20(27)8-9-21(28)29/h1-3,5,7-11H,4,6H2,(H,26,27)(H,28,29)/b9-8+,12-10+. The normalized spacial score (nSPS) is 14.3. The first kappa shape index (κ1) is 20.9. The van der Waals surface area contributed by atoms with Gasteiger partial charge in [-0.3, -0.25) is 9.59 Å². The first-order chi connectivity index (χ1) is 14.8. The average molecular weight is 456 g/mol. The van der Waals surface area contributed by atoms with E-state index in [1.165, 1.54) is 6.07 Å². The predicted octanol–water partition coefficient (Wildman–Crippen LogP) is 5.17. The van der Waals surface area contributed by atoms with Gasteiger partial charge in [0.05, 0.1) is 5.39 Å². The van der Waals surface area contributed by atoms with E-state index in [0.717, 1.165) is 17.7 Å². The minimum atomic E-state index is -1.23. The third-order valence-electron chi connectivity index (χ3n) is 4.89. The Labute approximate surface area is 186 Å². The molecule has 0 spiro atoms. The number of anilines is 1. The minimum absolute atomic E-state index is 0.131. The Morgan fingerprint density at radius 2 is 1.81 bits per heavy atom. The summed E-state index contributed by atoms with van der Waals surface area (Å²) in [6.07, 6.45) is 4.61. The number of amides is 1. The lowest BCUT2D eigenvalue weighted by Gasteiger charge is -2.07. The van der Waals surface area contributed by atoms with E-state index in [9.17, 15) is 14.4 Å². The van der Waals surface area contributed by atoms with Crippen LogP contribution < -0.4 is 10.7 Å². The molecular formula is C23H15Cl2NO5. The summed E-state index contributed by atoms with van der Waals surface area (Å²) < 4.78 is 6.05. The molecule has 2 N–H and O–H groups in total. The number of fused-ring (bicyclic) bond motifs is 2. The Bertz CT molecular complexity index is 1330. The summed E-state index contributed by atoms with van der Waals surface area (Å²) in [5.74, 6) is -1.37. The molecule has 6 nitrogen and oxygen atoms in total. The van der Waals surface area contributed by atoms with Gasteiger partial charge >= 0.3 is 5.97 Å². The number of carboxylic acid groups (broad SMARTS) is 1. The fourth-order valence-electron chi connectivity index (χ4n) is 3.46. The molecule has 0 bridgehead atoms. The number of nitrogens with one attached hydrogen (secondary N) is 1. The molecule has 1 aliphatic rings. The van der Waals surface area contributed by atoms with Gasteiger partial charge in [-0.2, -0.15) is 0 Å². The second kappa shape index (κ2) is 8.41. The third kappa shape index (κ3) is 4.26. The van der Waals surface area contributed by atoms with Gasteiger partial charge in [0, 0.05) is 45.1 Å². The fourth-order valence-corrected chi connectivity index (χ4v) is 3.97. The summed E-state index contributed by atoms with van der Waals surface area (Å²) in [5, 5.41) is 12.5. The Hall–Kier alpha value is -3.35. The molecule has 1 heterocycles. The first-order valence-corrected chi connectivity index (χ1v) is 10.1. The summed E-state index contributed by atoms with van der Waals surface area (Å²) in [4.78, 5) is 35.3. The molecule has 4 rings (SSSR count). The van der Waals surface area contributed by atoms with Gasteiger partial charge in [-0.25, -0.2) is 4.79 Å². The lowest BCUT2D eigenvalue weighted by Crippen LogP contribution is -2.11. The smallest absolute Gasteiger partial charge is 0.328 e. The highest BCUT2D eigenvalue weighted by Crippen LogP contribution is 2.37. The first-order valence-electron chi connectivity index (χ1n) is 9.30. The van der Waals surface area contributed by atoms with Crippen molar-refractivity contribution in [3.63, 3.8) is 0 Å². The molecule has 0 radical (unpaired) electrons. The van der Waals surface area contributed by atoms with Crippen molar-refractivity contribution in [1.82, 2.24) is 0 Å². The molecule has 3 aromatic rings. The number of allylic oxidation sites excluding steroid dienone is 1. The SMILES string of the molecule is O=C(O)/C=C/C(=O)Nc1ccc2c(=O)c3c(oc2c1)/C(=C/c1c(Cl)cccc1Cl)CC3. The maximum atomic E-state index is 13.0. The van der Waals surface area contributed by atoms with Crippen molar-refractivity contribution >= 4 is 63.4 Å². The molecule has 8 heteroatoms. The Morgan fingerprint density at radius 1 is 1.06 bits per heavy atom. The van der Waals surface area contributed by atoms with Crippen molar-refractivity contribution in [3.8, 4) is 0 Å². The van der Waals surface area contributed by atoms with Gasteiger partial charge in [-0.1, -0.05) is 29.3 Å². The number of aliphatic carboxylic acids is 1. The van der Waals surface area contributed by atoms with Crippen molar-refractivity contribution in [2.45, 2.75) is 12.8 Å². The number of benzene rings is 2. The zero-order valence-corrected chi connectivity index (χ0v) is 17.5. The van der Waals surface area contributed by atoms with Crippen LogP contribution in [0.5, 0.6) is 0 Å². The van der Waals surface area contributed by atoms with Crippen molar-refractivity contribution < 1.29 is 19.1 Å². The molecule has 0 saturated carbocycles. The van der Waals surface area contributed by atoms with E-state index in [1.807, 2.05) is 6.08 Å². The molecule has 0 unspecified atom stereocenters. The van der Waals surface area contributed by atoms with Gasteiger partial charge in [0.1, 0.15) is 11.3 Å². The number of rotatable bonds is 4. The third-order valence-corrected chi connectivity index (χ3v) is 5.54. The summed E-state index contributed by atoms with van der Waals surface area (Å²) in [7, 11) is 0. The monoisotopic (exact) mass is 455 g/mol. The Balaban J connectivity index is 1.75. The maximum absolute atomic E-state index is 13.0. The van der Waals surface area contributed by atoms with Crippen molar-refractivity contribution in [2.75, 3.05) is 5.32 Å². The van der Waals surface area contributed by atoms with Gasteiger partial charge < -0.3 is 14.8 Å². The minimum Gasteiger partial charge on any atom is -0.478 e. The molecule has 0 saturated heterocycles. The van der Waals surface area contributed by atoms with Crippen LogP contribution in [0.2, 0.25) is 10.0 Å². The van der Waals surface area contributed by atoms with Crippen LogP contribution >= 0.6 is 23.2 Å². The lowest BCUT2D eigenvalue weighted by atomic mass is 10.1. The largest absolute Gasteiger partial charge is 0.478 e. The van der Waals surface area contributed by atoms with E-state index in [-0.39, 0.29) is 5.43 Å². The highest BCUT2D eigenvalue weighted by Gasteiger charge is 2.24. The molecule has 31 heavy (non-hydrogen) atoms. The Kier molecular flexibility index (Phi) is 5.67. The van der Waals surface area contributed by atoms with Gasteiger partial charge in [-0.15, -0.1) is 0 Å². The topological polar surface area (TPSA) is 96.6 Å². The summed E-state index contributed by atoms with van der Waals surface area (Å²) in [5.41, 5.74) is 2.59. The number of carboxylic acids is 1. The number of halogens is 2. The molecule has 156 valence electrons. The van der Waals surface area contributed by atoms with Gasteiger partial charge in [0.15, 0.2) is 5.43 Å². The second-order valence-corrected chi connectivity index (χ2v) is 7.73. The quantitative estimate of drug-likeness (QED) is 0.529. The van der Waals surface area contributed by atoms with Crippen LogP contribution in [0.1, 0.15) is 23.3 Å². The highest BCUT2D eigenvalue weighted by molar-refractivity contribution is 6.37. The van der Waals surface area contributed by atoms with Crippen LogP contribution in [0.15, 0.2) is 57.8 Å². The van der Waals surface area contributed by atoms with Gasteiger partial charge in [-0.05, 0) is 48.8 Å². The van der Waals surface area contributed by atoms with Crippen LogP contribution in [0.3, 0.4) is 0 Å². The van der Waals surface area contributed by atoms with E-state index in [4.69, 9.17) is 32.7 Å². The highest BCUT2D eigenvalue weighted by atomic mass is 35.5. The number of hydrogen-bond donors (Lipinski definition) is 2. The zero-order valence-electron chi connectivity index (χ0n) is 15.9. The fraction of sp³-hybridized carbons (Fsp3) is 0.0870. The summed E-state index contributed by atoms with van der Waals surface area (Å²) >= 11 is 12.5. The average Bonchev–Trinajstić information content (AvgIpc) is 3.12. The lowest BCUT2D eigenvalue weighted by molar-refractivity contribution is -0.131. The van der Waals surface area contributed by atoms with Crippen LogP contribution in [0.25, 0.3) is 22.6 Å². The number of carbonyl (C=O) groups is 2. The molecule has 1 amide bonds. The number of carbonyl (C=O) groups excluding carboxylic acids is 1. The number of hydrogen-bond acceptors (Lipinski definition) is 4. The van der Waals surface area contributed by atoms with Crippen molar-refractivity contribution in [3.05, 3.63) is 85.7 Å². The van der Waals surface area contributed by atoms with Crippen LogP contribution in [0.4, 0.5) is 5.69 Å². The van der Waals surface area contributed by atoms with E-state index >= 15 is 0 Å². The van der Waals surface area contributed by atoms with Gasteiger partial charge in [0.2, 0.25) is 5.91 Å². The van der Waals surface area contributed by atoms with Crippen molar-refractivity contribution in [2.24, 2.45) is 0 Å². The molecule has 1 aliphatic carbocycles. The van der Waals surface area contributed by atoms with E-state index in [0.29, 0.717) is 56.4 Å². The van der Waals surface area contributed by atoms with E-state index in [2.05, 4.69) is 5.32 Å². The van der Waals surface area contributed by atoms with E-state index < -0.39 is 11.9 Å². The van der Waals surface area contributed by atoms with Crippen LogP contribution in [0, 0.1) is 0 Å². The molecule has 0 atom stereocenters. The zero-order chi connectivity index (χ0) is 22.1. The molecule has 1 aromatic heterocycles. The predicted molar refractivity (Wildman–Crippen MR) is 121 cm³/mol. The molecular weight excluding hydrogens is 441 g/mol. The molecule has 2 aromatic carbocycles.